The molecule has 184 valence electrons. The number of nitrogens with zero attached hydrogens (tertiary/aromatic N) is 3. The molecule has 1 aliphatic rings. The van der Waals surface area contributed by atoms with Crippen LogP contribution in [0.15, 0.2) is 24.3 Å². The van der Waals surface area contributed by atoms with Crippen LogP contribution in [-0.2, 0) is 30.2 Å². The number of ketones is 1. The lowest BCUT2D eigenvalue weighted by Gasteiger charge is -2.46. The normalized spacial score (nSPS) is 18.1. The summed E-state index contributed by atoms with van der Waals surface area (Å²) < 4.78 is 10.9. The second-order valence-electron chi connectivity index (χ2n) is 10.2. The molecule has 0 unspecified atom stereocenters. The quantitative estimate of drug-likeness (QED) is 0.0568. The summed E-state index contributed by atoms with van der Waals surface area (Å²) in [6.07, 6.45) is -0.234. The number of carbonyl (C=O) groups excluding carboxylic acids is 3. The summed E-state index contributed by atoms with van der Waals surface area (Å²) in [5, 5.41) is 13.5. The summed E-state index contributed by atoms with van der Waals surface area (Å²) in [4.78, 5) is 50.1. The molecule has 2 rings (SSSR count). The molecule has 0 aromatic heterocycles. The van der Waals surface area contributed by atoms with Crippen LogP contribution >= 0.6 is 0 Å². The number of β-lactam (4-membered cyclic amide) rings is 1. The van der Waals surface area contributed by atoms with Gasteiger partial charge in [-0.1, -0.05) is 34.6 Å². The average Bonchev–Trinajstić information content (AvgIpc) is 2.70. The highest BCUT2D eigenvalue weighted by atomic mass is 28.2. The molecule has 1 saturated heterocycles. The highest BCUT2D eigenvalue weighted by molar-refractivity contribution is 6.62. The minimum atomic E-state index is -1.13. The number of Topliss-reactive ketones (excluding diaryl/α,β-unsaturated/α-hetero) is 1. The van der Waals surface area contributed by atoms with E-state index in [1.54, 1.807) is 0 Å². The van der Waals surface area contributed by atoms with Crippen LogP contribution in [0.25, 0.3) is 5.53 Å². The third kappa shape index (κ3) is 7.14. The lowest BCUT2D eigenvalue weighted by molar-refractivity contribution is -0.384. The van der Waals surface area contributed by atoms with Crippen molar-refractivity contribution in [3.8, 4) is 0 Å². The Kier molecular flexibility index (Phi) is 8.59. The third-order valence-electron chi connectivity index (χ3n) is 5.34. The van der Waals surface area contributed by atoms with Gasteiger partial charge < -0.3 is 20.0 Å². The summed E-state index contributed by atoms with van der Waals surface area (Å²) in [6.45, 7) is 10.2. The first-order chi connectivity index (χ1) is 15.7. The highest BCUT2D eigenvalue weighted by Crippen LogP contribution is 2.37. The van der Waals surface area contributed by atoms with Crippen LogP contribution in [0.4, 0.5) is 5.69 Å². The number of hydrogen-bond acceptors (Lipinski definition) is 7. The van der Waals surface area contributed by atoms with Gasteiger partial charge in [0.05, 0.1) is 10.8 Å². The van der Waals surface area contributed by atoms with Gasteiger partial charge in [-0.25, -0.2) is 4.79 Å². The van der Waals surface area contributed by atoms with Gasteiger partial charge in [0, 0.05) is 36.6 Å². The van der Waals surface area contributed by atoms with E-state index in [0.717, 1.165) is 0 Å². The Balaban J connectivity index is 1.95. The Morgan fingerprint density at radius 3 is 2.32 bits per heavy atom. The van der Waals surface area contributed by atoms with Crippen molar-refractivity contribution in [2.24, 2.45) is 11.3 Å². The first-order valence-electron chi connectivity index (χ1n) is 10.8. The number of non-ortho nitro benzene ring substituents is 1. The summed E-state index contributed by atoms with van der Waals surface area (Å²) in [5.74, 6) is -2.60. The molecule has 1 aromatic carbocycles. The van der Waals surface area contributed by atoms with Crippen LogP contribution in [-0.4, -0.2) is 55.5 Å². The maximum absolute atomic E-state index is 12.6. The zero-order valence-electron chi connectivity index (χ0n) is 20.0. The minimum Gasteiger partial charge on any atom is -0.452 e. The number of esters is 1. The molecule has 0 spiro atoms. The number of amides is 1. The Labute approximate surface area is 199 Å². The van der Waals surface area contributed by atoms with E-state index in [0.29, 0.717) is 12.2 Å². The van der Waals surface area contributed by atoms with E-state index >= 15 is 0 Å². The van der Waals surface area contributed by atoms with Gasteiger partial charge in [0.25, 0.3) is 11.5 Å². The summed E-state index contributed by atoms with van der Waals surface area (Å²) in [5.41, 5.74) is 8.25. The predicted octanol–water partition coefficient (Wildman–Crippen LogP) is 1.73. The summed E-state index contributed by atoms with van der Waals surface area (Å²) in [7, 11) is -0.809. The van der Waals surface area contributed by atoms with Crippen molar-refractivity contribution in [1.82, 2.24) is 5.32 Å². The number of benzene rings is 1. The molecule has 1 amide bonds. The standard InChI is InChI=1S/C22H30N4O7Si/c1-21(2,3)34-33-12-22(4,5)17-15(24-19(17)28)10-16(27)18(25-23)20(29)32-11-13-6-8-14(9-7-13)26(30)31/h6-9,15,17H,10-12,34H2,1-5H3,(H,24,28)/t15-,17-/m1/s1. The fourth-order valence-electron chi connectivity index (χ4n) is 3.66. The first-order valence-corrected chi connectivity index (χ1v) is 12.1. The average molecular weight is 491 g/mol. The number of carbonyl (C=O) groups is 3. The number of nitrogens with one attached hydrogen (secondary N) is 1. The molecule has 12 heteroatoms. The molecule has 1 fully saturated rings. The second-order valence-corrected chi connectivity index (χ2v) is 13.0. The topological polar surface area (TPSA) is 161 Å². The number of ether oxygens (including phenoxy) is 1. The maximum atomic E-state index is 12.6. The van der Waals surface area contributed by atoms with Crippen molar-refractivity contribution in [2.75, 3.05) is 6.61 Å². The van der Waals surface area contributed by atoms with Gasteiger partial charge in [-0.3, -0.25) is 19.7 Å². The van der Waals surface area contributed by atoms with Crippen LogP contribution in [0.1, 0.15) is 46.6 Å². The summed E-state index contributed by atoms with van der Waals surface area (Å²) in [6, 6.07) is 4.79. The minimum absolute atomic E-state index is 0.106. The number of hydrogen-bond donors (Lipinski definition) is 1. The number of rotatable bonds is 11. The van der Waals surface area contributed by atoms with Gasteiger partial charge in [0.1, 0.15) is 6.61 Å². The van der Waals surface area contributed by atoms with E-state index < -0.39 is 49.5 Å². The molecule has 0 aliphatic carbocycles. The van der Waals surface area contributed by atoms with Crippen molar-refractivity contribution >= 4 is 38.8 Å². The zero-order valence-corrected chi connectivity index (χ0v) is 21.4. The molecule has 34 heavy (non-hydrogen) atoms. The number of nitro groups is 1. The molecular formula is C22H30N4O7Si. The molecule has 1 N–H and O–H groups in total. The molecule has 0 saturated carbocycles. The lowest BCUT2D eigenvalue weighted by atomic mass is 9.69. The Hall–Kier alpha value is -3.21. The largest absolute Gasteiger partial charge is 0.452 e. The van der Waals surface area contributed by atoms with Crippen molar-refractivity contribution in [1.29, 1.82) is 0 Å². The van der Waals surface area contributed by atoms with Crippen molar-refractivity contribution in [3.63, 3.8) is 0 Å². The molecule has 1 aliphatic heterocycles. The Morgan fingerprint density at radius 2 is 1.82 bits per heavy atom. The molecular weight excluding hydrogens is 460 g/mol. The van der Waals surface area contributed by atoms with Gasteiger partial charge in [0.15, 0.2) is 9.76 Å². The fourth-order valence-corrected chi connectivity index (χ4v) is 4.90. The zero-order chi connectivity index (χ0) is 25.7. The van der Waals surface area contributed by atoms with E-state index in [2.05, 4.69) is 30.9 Å². The third-order valence-corrected chi connectivity index (χ3v) is 6.62. The first kappa shape index (κ1) is 27.0. The van der Waals surface area contributed by atoms with Gasteiger partial charge in [-0.05, 0) is 22.7 Å². The second kappa shape index (κ2) is 10.8. The van der Waals surface area contributed by atoms with Gasteiger partial charge in [0.2, 0.25) is 5.91 Å². The molecule has 11 nitrogen and oxygen atoms in total. The summed E-state index contributed by atoms with van der Waals surface area (Å²) >= 11 is 0. The highest BCUT2D eigenvalue weighted by Gasteiger charge is 2.50. The van der Waals surface area contributed by atoms with E-state index in [1.165, 1.54) is 24.3 Å². The van der Waals surface area contributed by atoms with E-state index in [-0.39, 0.29) is 29.7 Å². The van der Waals surface area contributed by atoms with Crippen LogP contribution in [0.3, 0.4) is 0 Å². The van der Waals surface area contributed by atoms with E-state index in [4.69, 9.17) is 9.16 Å². The molecule has 0 radical (unpaired) electrons. The molecule has 1 heterocycles. The van der Waals surface area contributed by atoms with E-state index in [9.17, 15) is 30.0 Å². The Morgan fingerprint density at radius 1 is 1.21 bits per heavy atom. The van der Waals surface area contributed by atoms with E-state index in [1.807, 2.05) is 13.8 Å². The van der Waals surface area contributed by atoms with Gasteiger partial charge in [-0.2, -0.15) is 4.79 Å². The SMILES string of the molecule is CC(C)(C)[SiH2]OCC(C)(C)[C@H]1C(=O)N[C@@H]1CC(=O)C(=[N+]=[N-])C(=O)OCc1ccc([N+](=O)[O-])cc1. The molecule has 1 aromatic rings. The van der Waals surface area contributed by atoms with Crippen LogP contribution in [0.2, 0.25) is 5.04 Å². The number of nitro benzene ring substituents is 1. The monoisotopic (exact) mass is 490 g/mol. The van der Waals surface area contributed by atoms with Crippen molar-refractivity contribution in [2.45, 2.75) is 58.7 Å². The fraction of sp³-hybridized carbons (Fsp3) is 0.545. The lowest BCUT2D eigenvalue weighted by Crippen LogP contribution is -2.64. The predicted molar refractivity (Wildman–Crippen MR) is 125 cm³/mol. The smallest absolute Gasteiger partial charge is 0.441 e. The van der Waals surface area contributed by atoms with Gasteiger partial charge >= 0.3 is 11.7 Å². The van der Waals surface area contributed by atoms with Crippen molar-refractivity contribution in [3.05, 3.63) is 45.5 Å². The van der Waals surface area contributed by atoms with Gasteiger partial charge in [-0.15, -0.1) is 0 Å². The molecule has 0 bridgehead atoms. The maximum Gasteiger partial charge on any atom is 0.441 e. The van der Waals surface area contributed by atoms with Crippen molar-refractivity contribution < 1.29 is 33.3 Å². The van der Waals surface area contributed by atoms with Crippen LogP contribution < -0.4 is 5.32 Å². The van der Waals surface area contributed by atoms with Crippen LogP contribution in [0.5, 0.6) is 0 Å². The van der Waals surface area contributed by atoms with Crippen LogP contribution in [0, 0.1) is 21.4 Å². The Bertz CT molecular complexity index is 1010. The molecule has 2 atom stereocenters.